The number of benzene rings is 2. The Hall–Kier alpha value is -3.26. The third-order valence-electron chi connectivity index (χ3n) is 5.04. The molecule has 0 spiro atoms. The first kappa shape index (κ1) is 22.0. The number of nitrogens with zero attached hydrogens (tertiary/aromatic N) is 3. The second kappa shape index (κ2) is 9.91. The van der Waals surface area contributed by atoms with Gasteiger partial charge in [-0.2, -0.15) is 0 Å². The molecule has 0 unspecified atom stereocenters. The second-order valence-corrected chi connectivity index (χ2v) is 8.25. The molecule has 0 aliphatic rings. The predicted molar refractivity (Wildman–Crippen MR) is 126 cm³/mol. The normalized spacial score (nSPS) is 12.1. The molecule has 4 rings (SSSR count). The zero-order valence-corrected chi connectivity index (χ0v) is 19.2. The number of aromatic amines is 1. The highest BCUT2D eigenvalue weighted by molar-refractivity contribution is 8.00. The number of hydrogen-bond acceptors (Lipinski definition) is 6. The van der Waals surface area contributed by atoms with Gasteiger partial charge in [0.15, 0.2) is 11.0 Å². The number of fused-ring (bicyclic) bond motifs is 1. The zero-order valence-electron chi connectivity index (χ0n) is 18.4. The van der Waals surface area contributed by atoms with Gasteiger partial charge in [-0.05, 0) is 50.6 Å². The Labute approximate surface area is 191 Å². The third kappa shape index (κ3) is 4.36. The summed E-state index contributed by atoms with van der Waals surface area (Å²) in [6, 6.07) is 15.9. The molecule has 0 aliphatic carbocycles. The number of para-hydroxylation sites is 1. The van der Waals surface area contributed by atoms with Gasteiger partial charge in [-0.1, -0.05) is 36.9 Å². The van der Waals surface area contributed by atoms with Gasteiger partial charge in [0.05, 0.1) is 13.2 Å². The van der Waals surface area contributed by atoms with Crippen molar-refractivity contribution in [3.63, 3.8) is 0 Å². The van der Waals surface area contributed by atoms with Crippen LogP contribution < -0.4 is 4.74 Å². The summed E-state index contributed by atoms with van der Waals surface area (Å²) in [5.74, 6) is 1.26. The molecule has 1 N–H and O–H groups in total. The summed E-state index contributed by atoms with van der Waals surface area (Å²) in [7, 11) is 0. The number of ether oxygens (including phenoxy) is 2. The van der Waals surface area contributed by atoms with Crippen LogP contribution in [0.15, 0.2) is 59.9 Å². The van der Waals surface area contributed by atoms with Crippen LogP contribution in [-0.4, -0.2) is 44.2 Å². The van der Waals surface area contributed by atoms with E-state index in [1.165, 1.54) is 11.8 Å². The van der Waals surface area contributed by atoms with Crippen LogP contribution in [0.2, 0.25) is 0 Å². The number of esters is 1. The lowest BCUT2D eigenvalue weighted by Crippen LogP contribution is -2.20. The minimum Gasteiger partial charge on any atom is -0.494 e. The van der Waals surface area contributed by atoms with Crippen LogP contribution in [-0.2, 0) is 9.53 Å². The van der Waals surface area contributed by atoms with Gasteiger partial charge in [0.25, 0.3) is 0 Å². The maximum absolute atomic E-state index is 12.4. The molecular weight excluding hydrogens is 424 g/mol. The quantitative estimate of drug-likeness (QED) is 0.277. The fraction of sp³-hybridized carbons (Fsp3) is 0.292. The molecule has 1 atom stereocenters. The molecule has 2 heterocycles. The van der Waals surface area contributed by atoms with Crippen LogP contribution in [0.4, 0.5) is 0 Å². The smallest absolute Gasteiger partial charge is 0.319 e. The van der Waals surface area contributed by atoms with Gasteiger partial charge in [-0.3, -0.25) is 9.36 Å². The number of aromatic nitrogens is 4. The topological polar surface area (TPSA) is 82.0 Å². The third-order valence-corrected chi connectivity index (χ3v) is 6.32. The van der Waals surface area contributed by atoms with Gasteiger partial charge in [0.2, 0.25) is 0 Å². The number of nitrogens with one attached hydrogen (secondary N) is 1. The summed E-state index contributed by atoms with van der Waals surface area (Å²) in [5, 5.41) is 10.3. The summed E-state index contributed by atoms with van der Waals surface area (Å²) < 4.78 is 12.8. The van der Waals surface area contributed by atoms with E-state index >= 15 is 0 Å². The maximum Gasteiger partial charge on any atom is 0.319 e. The Balaban J connectivity index is 1.81. The van der Waals surface area contributed by atoms with Crippen LogP contribution in [0.1, 0.15) is 27.2 Å². The van der Waals surface area contributed by atoms with E-state index in [1.807, 2.05) is 74.0 Å². The molecule has 7 nitrogen and oxygen atoms in total. The first-order valence-corrected chi connectivity index (χ1v) is 11.6. The largest absolute Gasteiger partial charge is 0.494 e. The van der Waals surface area contributed by atoms with E-state index in [-0.39, 0.29) is 11.2 Å². The molecule has 0 bridgehead atoms. The monoisotopic (exact) mass is 450 g/mol. The van der Waals surface area contributed by atoms with E-state index < -0.39 is 0 Å². The average Bonchev–Trinajstić information content (AvgIpc) is 3.42. The molecule has 166 valence electrons. The van der Waals surface area contributed by atoms with Crippen molar-refractivity contribution in [1.82, 2.24) is 19.7 Å². The first-order chi connectivity index (χ1) is 15.7. The van der Waals surface area contributed by atoms with E-state index in [9.17, 15) is 4.79 Å². The Morgan fingerprint density at radius 1 is 1.06 bits per heavy atom. The van der Waals surface area contributed by atoms with E-state index in [2.05, 4.69) is 21.2 Å². The molecule has 0 amide bonds. The molecular formula is C24H26N4O3S. The van der Waals surface area contributed by atoms with Gasteiger partial charge in [-0.25, -0.2) is 0 Å². The molecule has 0 saturated carbocycles. The summed E-state index contributed by atoms with van der Waals surface area (Å²) in [6.07, 6.45) is 2.57. The summed E-state index contributed by atoms with van der Waals surface area (Å²) in [4.78, 5) is 15.7. The fourth-order valence-corrected chi connectivity index (χ4v) is 4.50. The molecule has 0 fully saturated rings. The fourth-order valence-electron chi connectivity index (χ4n) is 3.53. The van der Waals surface area contributed by atoms with Crippen LogP contribution in [0.5, 0.6) is 5.75 Å². The first-order valence-electron chi connectivity index (χ1n) is 10.7. The van der Waals surface area contributed by atoms with Gasteiger partial charge in [0.1, 0.15) is 11.0 Å². The minimum absolute atomic E-state index is 0.241. The van der Waals surface area contributed by atoms with Crippen molar-refractivity contribution < 1.29 is 14.3 Å². The van der Waals surface area contributed by atoms with Crippen molar-refractivity contribution in [1.29, 1.82) is 0 Å². The van der Waals surface area contributed by atoms with Gasteiger partial charge < -0.3 is 14.5 Å². The van der Waals surface area contributed by atoms with Crippen molar-refractivity contribution in [2.24, 2.45) is 0 Å². The molecule has 8 heteroatoms. The number of hydrogen-bond donors (Lipinski definition) is 1. The van der Waals surface area contributed by atoms with E-state index in [4.69, 9.17) is 9.47 Å². The highest BCUT2D eigenvalue weighted by atomic mass is 32.2. The highest BCUT2D eigenvalue weighted by Crippen LogP contribution is 2.34. The number of rotatable bonds is 9. The number of thioether (sulfide) groups is 1. The number of carbonyl (C=O) groups is 1. The van der Waals surface area contributed by atoms with E-state index in [0.717, 1.165) is 27.9 Å². The van der Waals surface area contributed by atoms with Crippen LogP contribution in [0.25, 0.3) is 28.0 Å². The highest BCUT2D eigenvalue weighted by Gasteiger charge is 2.25. The van der Waals surface area contributed by atoms with Crippen molar-refractivity contribution in [3.05, 3.63) is 54.7 Å². The second-order valence-electron chi connectivity index (χ2n) is 7.08. The minimum atomic E-state index is -0.364. The van der Waals surface area contributed by atoms with Crippen molar-refractivity contribution in [2.45, 2.75) is 37.6 Å². The summed E-state index contributed by atoms with van der Waals surface area (Å²) >= 11 is 1.37. The Kier molecular flexibility index (Phi) is 6.80. The lowest BCUT2D eigenvalue weighted by atomic mass is 10.1. The van der Waals surface area contributed by atoms with Crippen LogP contribution in [0, 0.1) is 0 Å². The van der Waals surface area contributed by atoms with Crippen LogP contribution >= 0.6 is 11.8 Å². The Morgan fingerprint density at radius 2 is 1.84 bits per heavy atom. The molecule has 32 heavy (non-hydrogen) atoms. The predicted octanol–water partition coefficient (Wildman–Crippen LogP) is 5.25. The maximum atomic E-state index is 12.4. The molecule has 0 saturated heterocycles. The van der Waals surface area contributed by atoms with Gasteiger partial charge >= 0.3 is 5.97 Å². The molecule has 0 aliphatic heterocycles. The Morgan fingerprint density at radius 3 is 2.56 bits per heavy atom. The lowest BCUT2D eigenvalue weighted by molar-refractivity contribution is -0.142. The van der Waals surface area contributed by atoms with Crippen LogP contribution in [0.3, 0.4) is 0 Å². The molecule has 4 aromatic rings. The van der Waals surface area contributed by atoms with Crippen molar-refractivity contribution in [3.8, 4) is 22.8 Å². The number of H-pyrrole nitrogens is 1. The van der Waals surface area contributed by atoms with Gasteiger partial charge in [-0.15, -0.1) is 10.2 Å². The SMILES string of the molecule is CCOC(=O)[C@@H](CC)Sc1nnc(-c2c[nH]c3ccccc23)n1-c1ccc(OCC)cc1. The number of carbonyl (C=O) groups excluding carboxylic acids is 1. The Bertz CT molecular complexity index is 1200. The zero-order chi connectivity index (χ0) is 22.5. The average molecular weight is 451 g/mol. The van der Waals surface area contributed by atoms with E-state index in [1.54, 1.807) is 0 Å². The summed E-state index contributed by atoms with van der Waals surface area (Å²) in [6.45, 7) is 6.69. The van der Waals surface area contributed by atoms with Crippen molar-refractivity contribution >= 4 is 28.6 Å². The standard InChI is InChI=1S/C24H26N4O3S/c1-4-21(23(29)31-6-3)32-24-27-26-22(19-15-25-20-10-8-7-9-18(19)20)28(24)16-11-13-17(14-12-16)30-5-2/h7-15,21,25H,4-6H2,1-3H3/t21-/m1/s1. The van der Waals surface area contributed by atoms with Crippen molar-refractivity contribution in [2.75, 3.05) is 13.2 Å². The van der Waals surface area contributed by atoms with E-state index in [0.29, 0.717) is 30.6 Å². The molecule has 2 aromatic carbocycles. The molecule has 0 radical (unpaired) electrons. The molecule has 2 aromatic heterocycles. The lowest BCUT2D eigenvalue weighted by Gasteiger charge is -2.15. The summed E-state index contributed by atoms with van der Waals surface area (Å²) in [5.41, 5.74) is 2.86. The van der Waals surface area contributed by atoms with Gasteiger partial charge in [0, 0.05) is 28.4 Å².